The predicted octanol–water partition coefficient (Wildman–Crippen LogP) is 2.20. The minimum Gasteiger partial charge on any atom is -0.383 e. The molecular weight excluding hydrogens is 222 g/mol. The van der Waals surface area contributed by atoms with Crippen LogP contribution in [0, 0.1) is 10.7 Å². The number of nitrogens with zero attached hydrogens (tertiary/aromatic N) is 3. The number of nitrogens with two attached hydrogens (primary N) is 1. The number of nitrogens with one attached hydrogen (secondary N) is 1. The Kier molecular flexibility index (Phi) is 2.74. The lowest BCUT2D eigenvalue weighted by Crippen LogP contribution is -1.97. The van der Waals surface area contributed by atoms with Gasteiger partial charge in [0.2, 0.25) is 4.77 Å². The molecule has 5 nitrogen and oxygen atoms in total. The van der Waals surface area contributed by atoms with E-state index in [1.165, 1.54) is 0 Å². The summed E-state index contributed by atoms with van der Waals surface area (Å²) < 4.78 is 2.19. The van der Waals surface area contributed by atoms with Crippen molar-refractivity contribution in [2.45, 2.75) is 13.8 Å². The van der Waals surface area contributed by atoms with Gasteiger partial charge in [-0.25, -0.2) is 4.98 Å². The van der Waals surface area contributed by atoms with Crippen molar-refractivity contribution in [1.29, 1.82) is 0 Å². The van der Waals surface area contributed by atoms with Crippen LogP contribution in [0.25, 0.3) is 17.4 Å². The zero-order valence-electron chi connectivity index (χ0n) is 9.14. The molecule has 0 bridgehead atoms. The Morgan fingerprint density at radius 2 is 2.31 bits per heavy atom. The summed E-state index contributed by atoms with van der Waals surface area (Å²) in [5.41, 5.74) is 7.17. The first-order valence-corrected chi connectivity index (χ1v) is 5.39. The van der Waals surface area contributed by atoms with E-state index in [-0.39, 0.29) is 0 Å². The Hall–Kier alpha value is -1.69. The fourth-order valence-electron chi connectivity index (χ4n) is 1.37. The standard InChI is InChI=1S/C10H13N5S/c1-6(2)3-4-15-5-12-9-7(15)8(11)13-10(16)14-9/h3-6H,1-2H3,(H3,11,13,14,16)/b4-3+. The van der Waals surface area contributed by atoms with Crippen LogP contribution in [0.2, 0.25) is 0 Å². The minimum atomic E-state index is 0.350. The van der Waals surface area contributed by atoms with E-state index < -0.39 is 0 Å². The molecule has 84 valence electrons. The molecule has 2 aromatic rings. The predicted molar refractivity (Wildman–Crippen MR) is 67.3 cm³/mol. The van der Waals surface area contributed by atoms with Gasteiger partial charge in [0.05, 0.1) is 0 Å². The Balaban J connectivity index is 2.60. The number of nitrogen functional groups attached to an aromatic ring is 1. The van der Waals surface area contributed by atoms with Gasteiger partial charge in [-0.15, -0.1) is 0 Å². The molecule has 2 aromatic heterocycles. The average molecular weight is 235 g/mol. The van der Waals surface area contributed by atoms with E-state index in [2.05, 4.69) is 34.9 Å². The molecule has 0 aliphatic rings. The van der Waals surface area contributed by atoms with Crippen molar-refractivity contribution in [2.24, 2.45) is 5.92 Å². The summed E-state index contributed by atoms with van der Waals surface area (Å²) in [5, 5.41) is 0. The van der Waals surface area contributed by atoms with E-state index in [1.54, 1.807) is 6.33 Å². The normalized spacial score (nSPS) is 11.9. The zero-order valence-corrected chi connectivity index (χ0v) is 9.95. The van der Waals surface area contributed by atoms with Crippen LogP contribution < -0.4 is 5.73 Å². The molecule has 6 heteroatoms. The molecule has 16 heavy (non-hydrogen) atoms. The quantitative estimate of drug-likeness (QED) is 0.783. The van der Waals surface area contributed by atoms with Crippen LogP contribution in [0.5, 0.6) is 0 Å². The molecule has 0 aliphatic carbocycles. The van der Waals surface area contributed by atoms with E-state index in [4.69, 9.17) is 18.0 Å². The molecule has 0 saturated carbocycles. The molecule has 0 fully saturated rings. The summed E-state index contributed by atoms with van der Waals surface area (Å²) in [4.78, 5) is 11.1. The highest BCUT2D eigenvalue weighted by molar-refractivity contribution is 7.71. The highest BCUT2D eigenvalue weighted by atomic mass is 32.1. The summed E-state index contributed by atoms with van der Waals surface area (Å²) in [5.74, 6) is 0.953. The number of imidazole rings is 1. The zero-order chi connectivity index (χ0) is 11.7. The molecule has 0 saturated heterocycles. The third-order valence-corrected chi connectivity index (χ3v) is 2.30. The second-order valence-corrected chi connectivity index (χ2v) is 4.25. The highest BCUT2D eigenvalue weighted by Gasteiger charge is 2.06. The molecular formula is C10H13N5S. The molecule has 0 atom stereocenters. The van der Waals surface area contributed by atoms with Crippen LogP contribution in [-0.2, 0) is 0 Å². The number of hydrogen-bond acceptors (Lipinski definition) is 4. The molecule has 3 N–H and O–H groups in total. The lowest BCUT2D eigenvalue weighted by Gasteiger charge is -2.00. The van der Waals surface area contributed by atoms with E-state index >= 15 is 0 Å². The van der Waals surface area contributed by atoms with Gasteiger partial charge in [0, 0.05) is 6.20 Å². The lowest BCUT2D eigenvalue weighted by molar-refractivity contribution is 0.832. The molecule has 0 radical (unpaired) electrons. The van der Waals surface area contributed by atoms with E-state index in [0.29, 0.717) is 22.2 Å². The van der Waals surface area contributed by atoms with Gasteiger partial charge >= 0.3 is 0 Å². The van der Waals surface area contributed by atoms with Crippen LogP contribution in [0.1, 0.15) is 13.8 Å². The van der Waals surface area contributed by atoms with Crippen LogP contribution >= 0.6 is 12.2 Å². The molecule has 0 amide bonds. The Morgan fingerprint density at radius 3 is 3.00 bits per heavy atom. The summed E-state index contributed by atoms with van der Waals surface area (Å²) in [6.45, 7) is 4.20. The third kappa shape index (κ3) is 1.96. The first-order chi connectivity index (χ1) is 7.58. The first kappa shape index (κ1) is 10.8. The number of aromatic amines is 1. The number of aromatic nitrogens is 4. The number of rotatable bonds is 2. The second-order valence-electron chi connectivity index (χ2n) is 3.87. The minimum absolute atomic E-state index is 0.350. The SMILES string of the molecule is CC(C)/C=C/n1cnc2nc(=S)[nH]c(N)c21. The van der Waals surface area contributed by atoms with Gasteiger partial charge in [0.15, 0.2) is 5.65 Å². The van der Waals surface area contributed by atoms with Gasteiger partial charge in [0.1, 0.15) is 17.7 Å². The molecule has 0 aliphatic heterocycles. The second kappa shape index (κ2) is 4.05. The maximum absolute atomic E-state index is 5.85. The molecule has 2 heterocycles. The van der Waals surface area contributed by atoms with Crippen molar-refractivity contribution < 1.29 is 0 Å². The van der Waals surface area contributed by atoms with Crippen molar-refractivity contribution in [2.75, 3.05) is 5.73 Å². The van der Waals surface area contributed by atoms with Crippen molar-refractivity contribution in [3.8, 4) is 0 Å². The van der Waals surface area contributed by atoms with Gasteiger partial charge in [-0.3, -0.25) is 0 Å². The first-order valence-electron chi connectivity index (χ1n) is 4.98. The Bertz CT molecular complexity index is 593. The fourth-order valence-corrected chi connectivity index (χ4v) is 1.57. The van der Waals surface area contributed by atoms with Gasteiger partial charge in [-0.05, 0) is 18.1 Å². The summed E-state index contributed by atoms with van der Waals surface area (Å²) in [6.07, 6.45) is 5.66. The van der Waals surface area contributed by atoms with Crippen LogP contribution in [0.4, 0.5) is 5.82 Å². The van der Waals surface area contributed by atoms with E-state index in [0.717, 1.165) is 5.52 Å². The molecule has 2 rings (SSSR count). The van der Waals surface area contributed by atoms with E-state index in [1.807, 2.05) is 10.8 Å². The van der Waals surface area contributed by atoms with Gasteiger partial charge in [0.25, 0.3) is 0 Å². The van der Waals surface area contributed by atoms with E-state index in [9.17, 15) is 0 Å². The van der Waals surface area contributed by atoms with Crippen molar-refractivity contribution in [3.63, 3.8) is 0 Å². The van der Waals surface area contributed by atoms with Gasteiger partial charge < -0.3 is 15.3 Å². The Labute approximate surface area is 98.0 Å². The number of allylic oxidation sites excluding steroid dienone is 1. The number of fused-ring (bicyclic) bond motifs is 1. The topological polar surface area (TPSA) is 72.5 Å². The molecule has 0 spiro atoms. The van der Waals surface area contributed by atoms with Crippen molar-refractivity contribution in [3.05, 3.63) is 17.2 Å². The lowest BCUT2D eigenvalue weighted by atomic mass is 10.2. The number of hydrogen-bond donors (Lipinski definition) is 2. The number of anilines is 1. The van der Waals surface area contributed by atoms with Crippen molar-refractivity contribution >= 4 is 35.4 Å². The maximum Gasteiger partial charge on any atom is 0.200 e. The van der Waals surface area contributed by atoms with Crippen LogP contribution in [0.15, 0.2) is 12.4 Å². The summed E-state index contributed by atoms with van der Waals surface area (Å²) in [7, 11) is 0. The summed E-state index contributed by atoms with van der Waals surface area (Å²) >= 11 is 4.93. The Morgan fingerprint density at radius 1 is 1.56 bits per heavy atom. The highest BCUT2D eigenvalue weighted by Crippen LogP contribution is 2.16. The summed E-state index contributed by atoms with van der Waals surface area (Å²) in [6, 6.07) is 0. The largest absolute Gasteiger partial charge is 0.383 e. The molecule has 0 aromatic carbocycles. The van der Waals surface area contributed by atoms with Crippen LogP contribution in [0.3, 0.4) is 0 Å². The van der Waals surface area contributed by atoms with Gasteiger partial charge in [-0.2, -0.15) is 4.98 Å². The molecule has 0 unspecified atom stereocenters. The fraction of sp³-hybridized carbons (Fsp3) is 0.300. The maximum atomic E-state index is 5.85. The third-order valence-electron chi connectivity index (χ3n) is 2.11. The van der Waals surface area contributed by atoms with Crippen molar-refractivity contribution in [1.82, 2.24) is 19.5 Å². The monoisotopic (exact) mass is 235 g/mol. The average Bonchev–Trinajstić information content (AvgIpc) is 2.57. The number of H-pyrrole nitrogens is 1. The van der Waals surface area contributed by atoms with Crippen LogP contribution in [-0.4, -0.2) is 19.5 Å². The smallest absolute Gasteiger partial charge is 0.200 e. The van der Waals surface area contributed by atoms with Gasteiger partial charge in [-0.1, -0.05) is 19.9 Å².